The van der Waals surface area contributed by atoms with Crippen LogP contribution in [0.25, 0.3) is 0 Å². The molecule has 2 aromatic carbocycles. The van der Waals surface area contributed by atoms with Crippen molar-refractivity contribution in [2.45, 2.75) is 17.9 Å². The first-order valence-corrected chi connectivity index (χ1v) is 9.75. The van der Waals surface area contributed by atoms with Gasteiger partial charge >= 0.3 is 6.03 Å². The van der Waals surface area contributed by atoms with E-state index in [1.54, 1.807) is 36.0 Å². The molecule has 0 unspecified atom stereocenters. The molecule has 1 aliphatic heterocycles. The topological polar surface area (TPSA) is 78.5 Å². The van der Waals surface area contributed by atoms with Crippen molar-refractivity contribution >= 4 is 29.6 Å². The second-order valence-electron chi connectivity index (χ2n) is 6.11. The van der Waals surface area contributed by atoms with Gasteiger partial charge in [0.25, 0.3) is 5.91 Å². The number of hydrogen-bond donors (Lipinski definition) is 2. The summed E-state index contributed by atoms with van der Waals surface area (Å²) in [6, 6.07) is 16.7. The van der Waals surface area contributed by atoms with Crippen LogP contribution in [0.1, 0.15) is 22.3 Å². The smallest absolute Gasteiger partial charge is 0.324 e. The van der Waals surface area contributed by atoms with E-state index in [0.717, 1.165) is 17.7 Å². The molecular weight excluding hydrogens is 362 g/mol. The third-order valence-corrected chi connectivity index (χ3v) is 5.21. The number of nitrogens with zero attached hydrogens (tertiary/aromatic N) is 1. The number of benzene rings is 2. The molecule has 0 aromatic heterocycles. The summed E-state index contributed by atoms with van der Waals surface area (Å²) in [6.07, 6.45) is 0.884. The monoisotopic (exact) mass is 383 g/mol. The molecule has 1 aliphatic rings. The van der Waals surface area contributed by atoms with Gasteiger partial charge in [0.2, 0.25) is 5.91 Å². The Morgan fingerprint density at radius 2 is 1.81 bits per heavy atom. The van der Waals surface area contributed by atoms with Gasteiger partial charge in [-0.2, -0.15) is 0 Å². The molecule has 0 spiro atoms. The molecule has 6 nitrogen and oxygen atoms in total. The third-order valence-electron chi connectivity index (χ3n) is 4.11. The first kappa shape index (κ1) is 19.0. The third kappa shape index (κ3) is 5.34. The van der Waals surface area contributed by atoms with Gasteiger partial charge in [-0.05, 0) is 42.0 Å². The maximum absolute atomic E-state index is 12.2. The average molecular weight is 383 g/mol. The number of urea groups is 1. The van der Waals surface area contributed by atoms with Crippen LogP contribution in [0.4, 0.5) is 4.79 Å². The van der Waals surface area contributed by atoms with Crippen molar-refractivity contribution in [3.05, 3.63) is 65.7 Å². The number of carbonyl (C=O) groups excluding carboxylic acids is 3. The number of amides is 4. The molecule has 1 heterocycles. The SMILES string of the molecule is O=C(NCCCSc1ccccc1)c1ccc(CN2C(=O)CNC2=O)cc1. The molecule has 0 aliphatic carbocycles. The van der Waals surface area contributed by atoms with Crippen LogP contribution in [0.15, 0.2) is 59.5 Å². The summed E-state index contributed by atoms with van der Waals surface area (Å²) < 4.78 is 0. The molecule has 0 saturated carbocycles. The van der Waals surface area contributed by atoms with Gasteiger partial charge in [0, 0.05) is 17.0 Å². The summed E-state index contributed by atoms with van der Waals surface area (Å²) in [5, 5.41) is 5.40. The summed E-state index contributed by atoms with van der Waals surface area (Å²) in [6.45, 7) is 0.869. The van der Waals surface area contributed by atoms with Crippen LogP contribution in [-0.4, -0.2) is 41.6 Å². The lowest BCUT2D eigenvalue weighted by molar-refractivity contribution is -0.125. The Morgan fingerprint density at radius 3 is 2.48 bits per heavy atom. The minimum Gasteiger partial charge on any atom is -0.352 e. The van der Waals surface area contributed by atoms with E-state index in [9.17, 15) is 14.4 Å². The van der Waals surface area contributed by atoms with Gasteiger partial charge in [-0.15, -0.1) is 11.8 Å². The summed E-state index contributed by atoms with van der Waals surface area (Å²) in [7, 11) is 0. The van der Waals surface area contributed by atoms with E-state index in [2.05, 4.69) is 22.8 Å². The standard InChI is InChI=1S/C20H21N3O3S/c24-18-13-22-20(26)23(18)14-15-7-9-16(10-8-15)19(25)21-11-4-12-27-17-5-2-1-3-6-17/h1-3,5-10H,4,11-14H2,(H,21,25)(H,22,26). The summed E-state index contributed by atoms with van der Waals surface area (Å²) >= 11 is 1.77. The van der Waals surface area contributed by atoms with E-state index < -0.39 is 0 Å². The van der Waals surface area contributed by atoms with Crippen molar-refractivity contribution in [3.63, 3.8) is 0 Å². The highest BCUT2D eigenvalue weighted by molar-refractivity contribution is 7.99. The number of imide groups is 1. The maximum atomic E-state index is 12.2. The summed E-state index contributed by atoms with van der Waals surface area (Å²) in [5.41, 5.74) is 1.36. The molecule has 1 saturated heterocycles. The molecule has 7 heteroatoms. The van der Waals surface area contributed by atoms with Gasteiger partial charge in [-0.1, -0.05) is 30.3 Å². The second kappa shape index (κ2) is 9.23. The van der Waals surface area contributed by atoms with Gasteiger partial charge in [-0.25, -0.2) is 4.79 Å². The second-order valence-corrected chi connectivity index (χ2v) is 7.27. The lowest BCUT2D eigenvalue weighted by Crippen LogP contribution is -2.30. The van der Waals surface area contributed by atoms with Crippen LogP contribution in [0, 0.1) is 0 Å². The van der Waals surface area contributed by atoms with E-state index in [1.165, 1.54) is 9.80 Å². The number of nitrogens with one attached hydrogen (secondary N) is 2. The van der Waals surface area contributed by atoms with Gasteiger partial charge in [0.1, 0.15) is 0 Å². The Kier molecular flexibility index (Phi) is 6.49. The van der Waals surface area contributed by atoms with Crippen LogP contribution >= 0.6 is 11.8 Å². The van der Waals surface area contributed by atoms with Crippen LogP contribution in [0.3, 0.4) is 0 Å². The highest BCUT2D eigenvalue weighted by atomic mass is 32.2. The van der Waals surface area contributed by atoms with Crippen molar-refractivity contribution < 1.29 is 14.4 Å². The number of hydrogen-bond acceptors (Lipinski definition) is 4. The molecule has 4 amide bonds. The van der Waals surface area contributed by atoms with E-state index in [1.807, 2.05) is 18.2 Å². The highest BCUT2D eigenvalue weighted by Gasteiger charge is 2.28. The predicted octanol–water partition coefficient (Wildman–Crippen LogP) is 2.65. The van der Waals surface area contributed by atoms with Crippen molar-refractivity contribution in [1.29, 1.82) is 0 Å². The number of carbonyl (C=O) groups is 3. The van der Waals surface area contributed by atoms with Crippen LogP contribution in [0.2, 0.25) is 0 Å². The van der Waals surface area contributed by atoms with E-state index in [0.29, 0.717) is 12.1 Å². The zero-order valence-corrected chi connectivity index (χ0v) is 15.6. The largest absolute Gasteiger partial charge is 0.352 e. The quantitative estimate of drug-likeness (QED) is 0.417. The highest BCUT2D eigenvalue weighted by Crippen LogP contribution is 2.17. The Bertz CT molecular complexity index is 793. The molecule has 2 aromatic rings. The average Bonchev–Trinajstić information content (AvgIpc) is 3.01. The Hall–Kier alpha value is -2.80. The fourth-order valence-electron chi connectivity index (χ4n) is 2.64. The van der Waals surface area contributed by atoms with Crippen molar-refractivity contribution in [2.24, 2.45) is 0 Å². The van der Waals surface area contributed by atoms with Crippen molar-refractivity contribution in [3.8, 4) is 0 Å². The normalized spacial score (nSPS) is 13.6. The van der Waals surface area contributed by atoms with E-state index >= 15 is 0 Å². The molecule has 1 fully saturated rings. The lowest BCUT2D eigenvalue weighted by Gasteiger charge is -2.12. The molecule has 3 rings (SSSR count). The van der Waals surface area contributed by atoms with Gasteiger partial charge < -0.3 is 10.6 Å². The zero-order chi connectivity index (χ0) is 19.1. The first-order valence-electron chi connectivity index (χ1n) is 8.76. The number of thioether (sulfide) groups is 1. The van der Waals surface area contributed by atoms with Gasteiger partial charge in [0.15, 0.2) is 0 Å². The Morgan fingerprint density at radius 1 is 1.07 bits per heavy atom. The predicted molar refractivity (Wildman–Crippen MR) is 105 cm³/mol. The van der Waals surface area contributed by atoms with Gasteiger partial charge in [0.05, 0.1) is 13.1 Å². The zero-order valence-electron chi connectivity index (χ0n) is 14.8. The summed E-state index contributed by atoms with van der Waals surface area (Å²) in [5.74, 6) is 0.575. The Balaban J connectivity index is 1.41. The minimum atomic E-state index is -0.379. The van der Waals surface area contributed by atoms with Crippen molar-refractivity contribution in [1.82, 2.24) is 15.5 Å². The lowest BCUT2D eigenvalue weighted by atomic mass is 10.1. The molecular formula is C20H21N3O3S. The van der Waals surface area contributed by atoms with Crippen LogP contribution < -0.4 is 10.6 Å². The van der Waals surface area contributed by atoms with E-state index in [-0.39, 0.29) is 30.9 Å². The van der Waals surface area contributed by atoms with E-state index in [4.69, 9.17) is 0 Å². The van der Waals surface area contributed by atoms with Crippen LogP contribution in [0.5, 0.6) is 0 Å². The van der Waals surface area contributed by atoms with Crippen LogP contribution in [-0.2, 0) is 11.3 Å². The molecule has 140 valence electrons. The molecule has 0 radical (unpaired) electrons. The molecule has 0 bridgehead atoms. The molecule has 27 heavy (non-hydrogen) atoms. The van der Waals surface area contributed by atoms with Crippen molar-refractivity contribution in [2.75, 3.05) is 18.8 Å². The fourth-order valence-corrected chi connectivity index (χ4v) is 3.52. The molecule has 0 atom stereocenters. The number of rotatable bonds is 8. The first-order chi connectivity index (χ1) is 13.1. The molecule has 2 N–H and O–H groups in total. The maximum Gasteiger partial charge on any atom is 0.324 e. The van der Waals surface area contributed by atoms with Gasteiger partial charge in [-0.3, -0.25) is 14.5 Å². The Labute approximate surface area is 162 Å². The fraction of sp³-hybridized carbons (Fsp3) is 0.250. The minimum absolute atomic E-state index is 0.0435. The summed E-state index contributed by atoms with van der Waals surface area (Å²) in [4.78, 5) is 37.7.